The molecule has 1 saturated heterocycles. The molecule has 2 N–H and O–H groups in total. The molecule has 0 spiro atoms. The predicted molar refractivity (Wildman–Crippen MR) is 70.3 cm³/mol. The van der Waals surface area contributed by atoms with Crippen LogP contribution in [0.1, 0.15) is 26.2 Å². The minimum absolute atomic E-state index is 0.126. The van der Waals surface area contributed by atoms with Gasteiger partial charge in [-0.3, -0.25) is 4.79 Å². The molecule has 0 aliphatic carbocycles. The van der Waals surface area contributed by atoms with E-state index < -0.39 is 0 Å². The average Bonchev–Trinajstić information content (AvgIpc) is 2.36. The third-order valence-corrected chi connectivity index (χ3v) is 3.38. The van der Waals surface area contributed by atoms with Gasteiger partial charge in [-0.05, 0) is 25.3 Å². The molecule has 0 radical (unpaired) electrons. The number of hydrogen-bond donors (Lipinski definition) is 2. The van der Waals surface area contributed by atoms with E-state index in [0.717, 1.165) is 32.5 Å². The van der Waals surface area contributed by atoms with Crippen LogP contribution < -0.4 is 5.32 Å². The number of rotatable bonds is 7. The number of carbonyl (C=O) groups excluding carboxylic acids is 1. The standard InChI is InChI=1S/C13H26N2O3/c1-3-5-15-9-11(8-13(17)18-2)7-12(10-15)14-4-6-16/h11-12,14,16H,3-10H2,1-2H3. The van der Waals surface area contributed by atoms with Crippen LogP contribution in [0.3, 0.4) is 0 Å². The minimum Gasteiger partial charge on any atom is -0.469 e. The van der Waals surface area contributed by atoms with Crippen LogP contribution in [0.15, 0.2) is 0 Å². The molecule has 18 heavy (non-hydrogen) atoms. The fourth-order valence-electron chi connectivity index (χ4n) is 2.69. The quantitative estimate of drug-likeness (QED) is 0.640. The van der Waals surface area contributed by atoms with Crippen LogP contribution in [-0.4, -0.2) is 61.9 Å². The zero-order valence-electron chi connectivity index (χ0n) is 11.5. The van der Waals surface area contributed by atoms with Gasteiger partial charge in [0.15, 0.2) is 0 Å². The smallest absolute Gasteiger partial charge is 0.305 e. The molecular formula is C13H26N2O3. The second kappa shape index (κ2) is 8.45. The molecule has 1 aliphatic heterocycles. The molecule has 5 heteroatoms. The van der Waals surface area contributed by atoms with Crippen LogP contribution >= 0.6 is 0 Å². The molecular weight excluding hydrogens is 232 g/mol. The molecule has 5 nitrogen and oxygen atoms in total. The van der Waals surface area contributed by atoms with Gasteiger partial charge >= 0.3 is 5.97 Å². The van der Waals surface area contributed by atoms with Crippen molar-refractivity contribution in [3.8, 4) is 0 Å². The van der Waals surface area contributed by atoms with Gasteiger partial charge in [0.2, 0.25) is 0 Å². The SMILES string of the molecule is CCCN1CC(CC(=O)OC)CC(NCCO)C1. The molecule has 0 aromatic carbocycles. The number of likely N-dealkylation sites (tertiary alicyclic amines) is 1. The van der Waals surface area contributed by atoms with Gasteiger partial charge in [-0.25, -0.2) is 0 Å². The third-order valence-electron chi connectivity index (χ3n) is 3.38. The fraction of sp³-hybridized carbons (Fsp3) is 0.923. The van der Waals surface area contributed by atoms with Gasteiger partial charge in [0.05, 0.1) is 13.7 Å². The first kappa shape index (κ1) is 15.4. The molecule has 1 heterocycles. The number of ether oxygens (including phenoxy) is 1. The summed E-state index contributed by atoms with van der Waals surface area (Å²) in [6.07, 6.45) is 2.60. The van der Waals surface area contributed by atoms with Crippen molar-refractivity contribution in [1.82, 2.24) is 10.2 Å². The molecule has 0 aromatic rings. The number of piperidine rings is 1. The maximum atomic E-state index is 11.4. The lowest BCUT2D eigenvalue weighted by Crippen LogP contribution is -2.50. The van der Waals surface area contributed by atoms with Gasteiger partial charge < -0.3 is 20.1 Å². The van der Waals surface area contributed by atoms with E-state index in [-0.39, 0.29) is 12.6 Å². The fourth-order valence-corrected chi connectivity index (χ4v) is 2.69. The second-order valence-electron chi connectivity index (χ2n) is 5.02. The summed E-state index contributed by atoms with van der Waals surface area (Å²) < 4.78 is 4.75. The highest BCUT2D eigenvalue weighted by Gasteiger charge is 2.28. The normalized spacial score (nSPS) is 25.1. The maximum absolute atomic E-state index is 11.4. The van der Waals surface area contributed by atoms with Crippen molar-refractivity contribution in [3.05, 3.63) is 0 Å². The molecule has 1 aliphatic rings. The molecule has 1 fully saturated rings. The van der Waals surface area contributed by atoms with Crippen LogP contribution in [0.25, 0.3) is 0 Å². The molecule has 2 atom stereocenters. The number of nitrogens with one attached hydrogen (secondary N) is 1. The summed E-state index contributed by atoms with van der Waals surface area (Å²) in [5.41, 5.74) is 0. The van der Waals surface area contributed by atoms with Gasteiger partial charge in [0.25, 0.3) is 0 Å². The van der Waals surface area contributed by atoms with E-state index >= 15 is 0 Å². The lowest BCUT2D eigenvalue weighted by atomic mass is 9.91. The Morgan fingerprint density at radius 3 is 2.89 bits per heavy atom. The summed E-state index contributed by atoms with van der Waals surface area (Å²) in [5, 5.41) is 12.2. The van der Waals surface area contributed by atoms with Gasteiger partial charge in [-0.1, -0.05) is 6.92 Å². The molecule has 2 unspecified atom stereocenters. The lowest BCUT2D eigenvalue weighted by molar-refractivity contribution is -0.142. The average molecular weight is 258 g/mol. The van der Waals surface area contributed by atoms with Crippen LogP contribution in [0.5, 0.6) is 0 Å². The minimum atomic E-state index is -0.126. The number of carbonyl (C=O) groups is 1. The van der Waals surface area contributed by atoms with Crippen molar-refractivity contribution in [2.75, 3.05) is 39.9 Å². The summed E-state index contributed by atoms with van der Waals surface area (Å²) >= 11 is 0. The maximum Gasteiger partial charge on any atom is 0.305 e. The summed E-state index contributed by atoms with van der Waals surface area (Å²) in [4.78, 5) is 13.8. The second-order valence-corrected chi connectivity index (χ2v) is 5.02. The Morgan fingerprint density at radius 1 is 1.50 bits per heavy atom. The first-order valence-corrected chi connectivity index (χ1v) is 6.83. The highest BCUT2D eigenvalue weighted by Crippen LogP contribution is 2.20. The Balaban J connectivity index is 2.47. The Morgan fingerprint density at radius 2 is 2.28 bits per heavy atom. The van der Waals surface area contributed by atoms with Crippen LogP contribution in [0, 0.1) is 5.92 Å². The first-order valence-electron chi connectivity index (χ1n) is 6.83. The van der Waals surface area contributed by atoms with Crippen molar-refractivity contribution in [1.29, 1.82) is 0 Å². The lowest BCUT2D eigenvalue weighted by Gasteiger charge is -2.37. The number of nitrogens with zero attached hydrogens (tertiary/aromatic N) is 1. The van der Waals surface area contributed by atoms with Crippen LogP contribution in [-0.2, 0) is 9.53 Å². The Hall–Kier alpha value is -0.650. The van der Waals surface area contributed by atoms with Gasteiger partial charge in [0, 0.05) is 32.1 Å². The van der Waals surface area contributed by atoms with E-state index in [2.05, 4.69) is 17.1 Å². The van der Waals surface area contributed by atoms with Crippen molar-refractivity contribution in [2.24, 2.45) is 5.92 Å². The molecule has 0 amide bonds. The molecule has 1 rings (SSSR count). The number of hydrogen-bond acceptors (Lipinski definition) is 5. The summed E-state index contributed by atoms with van der Waals surface area (Å²) in [7, 11) is 1.44. The van der Waals surface area contributed by atoms with E-state index in [0.29, 0.717) is 24.9 Å². The third kappa shape index (κ3) is 5.33. The molecule has 0 aromatic heterocycles. The molecule has 0 bridgehead atoms. The summed E-state index contributed by atoms with van der Waals surface area (Å²) in [6.45, 7) is 5.99. The topological polar surface area (TPSA) is 61.8 Å². The van der Waals surface area contributed by atoms with Crippen molar-refractivity contribution in [3.63, 3.8) is 0 Å². The Bertz CT molecular complexity index is 248. The van der Waals surface area contributed by atoms with E-state index in [1.54, 1.807) is 0 Å². The van der Waals surface area contributed by atoms with Crippen molar-refractivity contribution in [2.45, 2.75) is 32.2 Å². The predicted octanol–water partition coefficient (Wildman–Crippen LogP) is 0.232. The van der Waals surface area contributed by atoms with Crippen molar-refractivity contribution >= 4 is 5.97 Å². The monoisotopic (exact) mass is 258 g/mol. The first-order chi connectivity index (χ1) is 8.69. The zero-order chi connectivity index (χ0) is 13.4. The van der Waals surface area contributed by atoms with E-state index in [1.165, 1.54) is 7.11 Å². The van der Waals surface area contributed by atoms with Crippen molar-refractivity contribution < 1.29 is 14.6 Å². The van der Waals surface area contributed by atoms with Gasteiger partial charge in [-0.2, -0.15) is 0 Å². The highest BCUT2D eigenvalue weighted by molar-refractivity contribution is 5.69. The van der Waals surface area contributed by atoms with Gasteiger partial charge in [0.1, 0.15) is 0 Å². The Kier molecular flexibility index (Phi) is 7.23. The van der Waals surface area contributed by atoms with Crippen LogP contribution in [0.4, 0.5) is 0 Å². The zero-order valence-corrected chi connectivity index (χ0v) is 11.5. The summed E-state index contributed by atoms with van der Waals surface area (Å²) in [5.74, 6) is 0.230. The number of aliphatic hydroxyl groups is 1. The van der Waals surface area contributed by atoms with Crippen LogP contribution in [0.2, 0.25) is 0 Å². The van der Waals surface area contributed by atoms with E-state index in [9.17, 15) is 4.79 Å². The van der Waals surface area contributed by atoms with Gasteiger partial charge in [-0.15, -0.1) is 0 Å². The number of aliphatic hydroxyl groups excluding tert-OH is 1. The van der Waals surface area contributed by atoms with E-state index in [4.69, 9.17) is 9.84 Å². The molecule has 106 valence electrons. The largest absolute Gasteiger partial charge is 0.469 e. The number of methoxy groups -OCH3 is 1. The summed E-state index contributed by atoms with van der Waals surface area (Å²) in [6, 6.07) is 0.368. The number of esters is 1. The molecule has 0 saturated carbocycles. The van der Waals surface area contributed by atoms with E-state index in [1.807, 2.05) is 0 Å². The highest BCUT2D eigenvalue weighted by atomic mass is 16.5. The Labute approximate surface area is 109 Å².